The minimum atomic E-state index is 0. The van der Waals surface area contributed by atoms with E-state index in [4.69, 9.17) is 4.74 Å². The van der Waals surface area contributed by atoms with Gasteiger partial charge >= 0.3 is 0 Å². The molecule has 0 aliphatic carbocycles. The van der Waals surface area contributed by atoms with E-state index in [0.717, 1.165) is 53.9 Å². The molecule has 1 aliphatic rings. The van der Waals surface area contributed by atoms with Gasteiger partial charge in [0, 0.05) is 0 Å². The number of halogens is 1. The van der Waals surface area contributed by atoms with Crippen LogP contribution in [-0.4, -0.2) is 53.7 Å². The third-order valence-corrected chi connectivity index (χ3v) is 5.24. The van der Waals surface area contributed by atoms with E-state index >= 15 is 0 Å². The number of nitrogens with zero attached hydrogens (tertiary/aromatic N) is 3. The largest absolute Gasteiger partial charge is 1.00 e. The molecule has 0 N–H and O–H groups in total. The van der Waals surface area contributed by atoms with Crippen LogP contribution in [-0.2, 0) is 11.3 Å². The van der Waals surface area contributed by atoms with Gasteiger partial charge in [-0.3, -0.25) is 4.79 Å². The van der Waals surface area contributed by atoms with Gasteiger partial charge in [-0.25, -0.2) is 9.36 Å². The molecule has 6 heteroatoms. The number of rotatable bonds is 4. The molecule has 138 valence electrons. The topological polar surface area (TPSA) is 36.2 Å². The number of hydrogen-bond acceptors (Lipinski definition) is 2. The Morgan fingerprint density at radius 1 is 1.00 bits per heavy atom. The molecule has 0 bridgehead atoms. The molecule has 4 rings (SSSR count). The van der Waals surface area contributed by atoms with Crippen LogP contribution in [0.2, 0.25) is 0 Å². The van der Waals surface area contributed by atoms with Crippen LogP contribution < -0.4 is 29.5 Å². The Morgan fingerprint density at radius 3 is 2.38 bits per heavy atom. The van der Waals surface area contributed by atoms with Crippen LogP contribution in [0.25, 0.3) is 16.6 Å². The van der Waals surface area contributed by atoms with Gasteiger partial charge in [-0.1, -0.05) is 30.3 Å². The van der Waals surface area contributed by atoms with E-state index in [-0.39, 0.29) is 29.5 Å². The zero-order valence-electron chi connectivity index (χ0n) is 15.0. The number of likely N-dealkylation sites (N-methyl/N-ethyl adjacent to an activating group) is 1. The lowest BCUT2D eigenvalue weighted by atomic mass is 10.2. The first kappa shape index (κ1) is 19.1. The molecule has 0 amide bonds. The quantitative estimate of drug-likeness (QED) is 0.377. The summed E-state index contributed by atoms with van der Waals surface area (Å²) in [6.07, 6.45) is 0. The van der Waals surface area contributed by atoms with Crippen molar-refractivity contribution >= 4 is 10.9 Å². The number of quaternary nitrogens is 1. The average molecular weight is 465 g/mol. The van der Waals surface area contributed by atoms with Crippen LogP contribution in [0.1, 0.15) is 0 Å². The fourth-order valence-corrected chi connectivity index (χ4v) is 3.59. The summed E-state index contributed by atoms with van der Waals surface area (Å²) in [5.41, 5.74) is 2.06. The second kappa shape index (κ2) is 7.94. The van der Waals surface area contributed by atoms with Gasteiger partial charge in [-0.15, -0.1) is 0 Å². The molecule has 2 heterocycles. The number of benzene rings is 2. The molecule has 1 aliphatic heterocycles. The van der Waals surface area contributed by atoms with E-state index in [0.29, 0.717) is 6.54 Å². The summed E-state index contributed by atoms with van der Waals surface area (Å²) in [5.74, 6) is 0. The Bertz CT molecular complexity index is 927. The van der Waals surface area contributed by atoms with Crippen LogP contribution in [0, 0.1) is 0 Å². The first-order valence-electron chi connectivity index (χ1n) is 8.85. The van der Waals surface area contributed by atoms with Crippen molar-refractivity contribution in [3.8, 4) is 5.69 Å². The normalized spacial score (nSPS) is 16.3. The highest BCUT2D eigenvalue weighted by Gasteiger charge is 2.26. The molecular weight excluding hydrogens is 441 g/mol. The molecular formula is C20H24IN3O2. The average Bonchev–Trinajstić information content (AvgIpc) is 2.94. The highest BCUT2D eigenvalue weighted by Crippen LogP contribution is 2.18. The molecule has 1 aromatic heterocycles. The first-order chi connectivity index (χ1) is 12.2. The van der Waals surface area contributed by atoms with E-state index in [1.165, 1.54) is 0 Å². The van der Waals surface area contributed by atoms with E-state index < -0.39 is 0 Å². The van der Waals surface area contributed by atoms with Gasteiger partial charge in [0.05, 0.1) is 49.9 Å². The number of ether oxygens (including phenoxy) is 1. The molecule has 26 heavy (non-hydrogen) atoms. The zero-order valence-corrected chi connectivity index (χ0v) is 17.1. The Kier molecular flexibility index (Phi) is 5.84. The van der Waals surface area contributed by atoms with Crippen LogP contribution >= 0.6 is 0 Å². The molecule has 0 saturated carbocycles. The molecule has 1 saturated heterocycles. The summed E-state index contributed by atoms with van der Waals surface area (Å²) in [6, 6.07) is 18.0. The number of aromatic nitrogens is 2. The Balaban J connectivity index is 0.00000196. The molecule has 3 aromatic rings. The third-order valence-electron chi connectivity index (χ3n) is 5.24. The second-order valence-electron chi connectivity index (χ2n) is 7.00. The van der Waals surface area contributed by atoms with E-state index in [1.807, 2.05) is 59.3 Å². The predicted molar refractivity (Wildman–Crippen MR) is 99.1 cm³/mol. The van der Waals surface area contributed by atoms with Gasteiger partial charge < -0.3 is 33.2 Å². The molecule has 0 spiro atoms. The highest BCUT2D eigenvalue weighted by atomic mass is 127. The maximum Gasteiger partial charge on any atom is 0.275 e. The van der Waals surface area contributed by atoms with E-state index in [2.05, 4.69) is 11.7 Å². The van der Waals surface area contributed by atoms with Crippen molar-refractivity contribution in [3.05, 3.63) is 65.0 Å². The van der Waals surface area contributed by atoms with Gasteiger partial charge in [0.25, 0.3) is 5.56 Å². The van der Waals surface area contributed by atoms with Crippen molar-refractivity contribution in [1.29, 1.82) is 0 Å². The van der Waals surface area contributed by atoms with E-state index in [1.54, 1.807) is 0 Å². The van der Waals surface area contributed by atoms with Crippen LogP contribution in [0.5, 0.6) is 0 Å². The summed E-state index contributed by atoms with van der Waals surface area (Å²) < 4.78 is 10.4. The molecule has 1 fully saturated rings. The Labute approximate surface area is 170 Å². The third kappa shape index (κ3) is 3.58. The molecule has 2 aromatic carbocycles. The summed E-state index contributed by atoms with van der Waals surface area (Å²) in [7, 11) is 2.25. The maximum atomic E-state index is 13.0. The van der Waals surface area contributed by atoms with Gasteiger partial charge in [0.1, 0.15) is 13.1 Å². The van der Waals surface area contributed by atoms with E-state index in [9.17, 15) is 4.79 Å². The zero-order chi connectivity index (χ0) is 17.3. The number of para-hydroxylation sites is 2. The molecule has 0 radical (unpaired) electrons. The van der Waals surface area contributed by atoms with Crippen LogP contribution in [0.3, 0.4) is 0 Å². The van der Waals surface area contributed by atoms with Crippen LogP contribution in [0.15, 0.2) is 59.4 Å². The Hall–Kier alpha value is -1.64. The Morgan fingerprint density at radius 2 is 1.65 bits per heavy atom. The maximum absolute atomic E-state index is 13.0. The minimum absolute atomic E-state index is 0. The lowest BCUT2D eigenvalue weighted by molar-refractivity contribution is -0.917. The minimum Gasteiger partial charge on any atom is -1.00 e. The number of hydrogen-bond donors (Lipinski definition) is 0. The molecule has 0 unspecified atom stereocenters. The van der Waals surface area contributed by atoms with Gasteiger partial charge in [0.15, 0.2) is 0 Å². The van der Waals surface area contributed by atoms with Crippen molar-refractivity contribution in [1.82, 2.24) is 9.36 Å². The summed E-state index contributed by atoms with van der Waals surface area (Å²) in [5, 5.41) is 0.774. The highest BCUT2D eigenvalue weighted by molar-refractivity contribution is 5.80. The summed E-state index contributed by atoms with van der Waals surface area (Å²) >= 11 is 0. The van der Waals surface area contributed by atoms with Gasteiger partial charge in [0.2, 0.25) is 0 Å². The SMILES string of the molecule is C[N+]1(CCn2c(=O)c3ccccc3n2-c2ccccc2)CCOCC1.[I-]. The smallest absolute Gasteiger partial charge is 0.275 e. The lowest BCUT2D eigenvalue weighted by Crippen LogP contribution is -3.00. The molecule has 0 atom stereocenters. The monoisotopic (exact) mass is 465 g/mol. The fourth-order valence-electron chi connectivity index (χ4n) is 3.59. The number of morpholine rings is 1. The standard InChI is InChI=1S/C20H24N3O2.HI/c1-23(13-15-25-16-14-23)12-11-21-20(24)18-9-5-6-10-19(18)22(21)17-7-3-2-4-8-17;/h2-10H,11-16H2,1H3;1H/q+1;/p-1. The summed E-state index contributed by atoms with van der Waals surface area (Å²) in [6.45, 7) is 5.21. The van der Waals surface area contributed by atoms with Gasteiger partial charge in [-0.2, -0.15) is 0 Å². The molecule has 5 nitrogen and oxygen atoms in total. The van der Waals surface area contributed by atoms with Crippen molar-refractivity contribution in [2.24, 2.45) is 0 Å². The first-order valence-corrected chi connectivity index (χ1v) is 8.85. The van der Waals surface area contributed by atoms with Crippen molar-refractivity contribution in [2.75, 3.05) is 39.9 Å². The van der Waals surface area contributed by atoms with Crippen LogP contribution in [0.4, 0.5) is 0 Å². The van der Waals surface area contributed by atoms with Crippen molar-refractivity contribution in [3.63, 3.8) is 0 Å². The summed E-state index contributed by atoms with van der Waals surface area (Å²) in [4.78, 5) is 13.0. The lowest BCUT2D eigenvalue weighted by Gasteiger charge is -2.37. The second-order valence-corrected chi connectivity index (χ2v) is 7.00. The fraction of sp³-hybridized carbons (Fsp3) is 0.350. The van der Waals surface area contributed by atoms with Gasteiger partial charge in [-0.05, 0) is 24.3 Å². The number of fused-ring (bicyclic) bond motifs is 1. The predicted octanol–water partition coefficient (Wildman–Crippen LogP) is -0.727. The van der Waals surface area contributed by atoms with Crippen molar-refractivity contribution in [2.45, 2.75) is 6.54 Å². The van der Waals surface area contributed by atoms with Crippen molar-refractivity contribution < 1.29 is 33.2 Å².